The van der Waals surface area contributed by atoms with Gasteiger partial charge in [-0.2, -0.15) is 0 Å². The average molecular weight is 336 g/mol. The van der Waals surface area contributed by atoms with E-state index in [4.69, 9.17) is 0 Å². The fourth-order valence-electron chi connectivity index (χ4n) is 2.69. The molecule has 1 unspecified atom stereocenters. The molecule has 0 saturated carbocycles. The normalized spacial score (nSPS) is 18.5. The number of anilines is 1. The number of nitrogens with one attached hydrogen (secondary N) is 1. The zero-order valence-corrected chi connectivity index (χ0v) is 14.0. The Morgan fingerprint density at radius 1 is 1.35 bits per heavy atom. The van der Waals surface area contributed by atoms with Crippen LogP contribution in [-0.4, -0.2) is 47.1 Å². The lowest BCUT2D eigenvalue weighted by atomic mass is 10.2. The molecule has 8 nitrogen and oxygen atoms in total. The van der Waals surface area contributed by atoms with Gasteiger partial charge in [0, 0.05) is 44.8 Å². The van der Waals surface area contributed by atoms with Crippen molar-refractivity contribution in [2.45, 2.75) is 30.8 Å². The maximum atomic E-state index is 12.4. The van der Waals surface area contributed by atoms with Crippen molar-refractivity contribution >= 4 is 16.0 Å². The molecule has 1 N–H and O–H groups in total. The largest absolute Gasteiger partial charge is 0.337 e. The number of aryl methyl sites for hydroxylation is 2. The summed E-state index contributed by atoms with van der Waals surface area (Å²) < 4.78 is 29.1. The molecule has 2 aromatic heterocycles. The molecule has 0 spiro atoms. The number of hydrogen-bond acceptors (Lipinski definition) is 6. The van der Waals surface area contributed by atoms with E-state index in [9.17, 15) is 8.42 Å². The zero-order valence-electron chi connectivity index (χ0n) is 13.2. The van der Waals surface area contributed by atoms with E-state index in [-0.39, 0.29) is 11.1 Å². The van der Waals surface area contributed by atoms with Gasteiger partial charge in [0.25, 0.3) is 10.0 Å². The predicted octanol–water partition coefficient (Wildman–Crippen LogP) is 0.466. The summed E-state index contributed by atoms with van der Waals surface area (Å²) in [6, 6.07) is 1.82. The van der Waals surface area contributed by atoms with Crippen molar-refractivity contribution in [1.29, 1.82) is 0 Å². The Balaban J connectivity index is 1.69. The van der Waals surface area contributed by atoms with Crippen molar-refractivity contribution in [3.63, 3.8) is 0 Å². The quantitative estimate of drug-likeness (QED) is 0.853. The van der Waals surface area contributed by atoms with E-state index in [1.54, 1.807) is 37.0 Å². The van der Waals surface area contributed by atoms with Gasteiger partial charge in [-0.1, -0.05) is 0 Å². The van der Waals surface area contributed by atoms with Crippen LogP contribution in [0.5, 0.6) is 0 Å². The van der Waals surface area contributed by atoms with Crippen molar-refractivity contribution < 1.29 is 8.42 Å². The second-order valence-electron chi connectivity index (χ2n) is 5.63. The highest BCUT2D eigenvalue weighted by molar-refractivity contribution is 7.89. The first kappa shape index (κ1) is 15.9. The minimum absolute atomic E-state index is 0.0528. The van der Waals surface area contributed by atoms with Crippen LogP contribution in [0.25, 0.3) is 0 Å². The Morgan fingerprint density at radius 2 is 2.09 bits per heavy atom. The summed E-state index contributed by atoms with van der Waals surface area (Å²) in [4.78, 5) is 14.6. The van der Waals surface area contributed by atoms with Crippen LogP contribution in [0.1, 0.15) is 18.7 Å². The maximum Gasteiger partial charge on any atom is 0.259 e. The summed E-state index contributed by atoms with van der Waals surface area (Å²) in [5.41, 5.74) is 0. The van der Waals surface area contributed by atoms with Gasteiger partial charge in [-0.05, 0) is 25.8 Å². The summed E-state index contributed by atoms with van der Waals surface area (Å²) in [7, 11) is -1.83. The molecule has 23 heavy (non-hydrogen) atoms. The number of imidazole rings is 1. The van der Waals surface area contributed by atoms with E-state index in [0.717, 1.165) is 19.4 Å². The number of hydrogen-bond donors (Lipinski definition) is 1. The van der Waals surface area contributed by atoms with E-state index in [2.05, 4.69) is 19.7 Å². The predicted molar refractivity (Wildman–Crippen MR) is 85.5 cm³/mol. The highest BCUT2D eigenvalue weighted by atomic mass is 32.2. The number of aromatic nitrogens is 4. The number of sulfonamides is 1. The lowest BCUT2D eigenvalue weighted by Gasteiger charge is -2.24. The lowest BCUT2D eigenvalue weighted by molar-refractivity contribution is 0.562. The molecular weight excluding hydrogens is 316 g/mol. The highest BCUT2D eigenvalue weighted by Crippen LogP contribution is 2.21. The van der Waals surface area contributed by atoms with Gasteiger partial charge < -0.3 is 9.47 Å². The molecule has 9 heteroatoms. The molecule has 3 heterocycles. The van der Waals surface area contributed by atoms with Crippen LogP contribution in [0.15, 0.2) is 29.7 Å². The third-order valence-electron chi connectivity index (χ3n) is 4.06. The molecule has 0 bridgehead atoms. The third-order valence-corrected chi connectivity index (χ3v) is 5.35. The van der Waals surface area contributed by atoms with Gasteiger partial charge in [-0.3, -0.25) is 0 Å². The van der Waals surface area contributed by atoms with Gasteiger partial charge in [0.2, 0.25) is 5.95 Å². The number of nitrogens with zero attached hydrogens (tertiary/aromatic N) is 5. The summed E-state index contributed by atoms with van der Waals surface area (Å²) in [6.07, 6.45) is 6.80. The third kappa shape index (κ3) is 3.35. The fourth-order valence-corrected chi connectivity index (χ4v) is 3.80. The molecule has 0 amide bonds. The second kappa shape index (κ2) is 6.25. The first-order valence-corrected chi connectivity index (χ1v) is 8.99. The van der Waals surface area contributed by atoms with E-state index in [1.807, 2.05) is 4.90 Å². The molecule has 1 aliphatic heterocycles. The summed E-state index contributed by atoms with van der Waals surface area (Å²) in [6.45, 7) is 2.92. The van der Waals surface area contributed by atoms with Crippen molar-refractivity contribution in [1.82, 2.24) is 24.2 Å². The minimum atomic E-state index is -3.60. The van der Waals surface area contributed by atoms with E-state index < -0.39 is 10.0 Å². The van der Waals surface area contributed by atoms with E-state index in [1.165, 1.54) is 6.20 Å². The topological polar surface area (TPSA) is 93.0 Å². The Bertz CT molecular complexity index is 754. The maximum absolute atomic E-state index is 12.4. The molecule has 1 saturated heterocycles. The van der Waals surface area contributed by atoms with Crippen LogP contribution in [0.4, 0.5) is 5.95 Å². The number of rotatable bonds is 5. The van der Waals surface area contributed by atoms with Crippen LogP contribution in [-0.2, 0) is 17.1 Å². The molecule has 0 aliphatic carbocycles. The van der Waals surface area contributed by atoms with Gasteiger partial charge in [0.1, 0.15) is 5.82 Å². The van der Waals surface area contributed by atoms with Crippen LogP contribution in [0, 0.1) is 6.92 Å². The standard InChI is InChI=1S/C14H20N6O2S/c1-11-18-13(10-19(11)2)23(21,22)17-9-12-5-3-8-20(12)14-15-6-4-7-16-14/h4,6-7,10,12,17H,3,5,8-9H2,1-2H3. The van der Waals surface area contributed by atoms with E-state index >= 15 is 0 Å². The SMILES string of the molecule is Cc1nc(S(=O)(=O)NCC2CCCN2c2ncccn2)cn1C. The summed E-state index contributed by atoms with van der Waals surface area (Å²) >= 11 is 0. The first-order valence-electron chi connectivity index (χ1n) is 7.50. The van der Waals surface area contributed by atoms with Gasteiger partial charge in [-0.25, -0.2) is 28.1 Å². The van der Waals surface area contributed by atoms with Crippen molar-refractivity contribution in [3.05, 3.63) is 30.5 Å². The van der Waals surface area contributed by atoms with Gasteiger partial charge >= 0.3 is 0 Å². The Morgan fingerprint density at radius 3 is 2.74 bits per heavy atom. The molecule has 0 radical (unpaired) electrons. The molecule has 1 aliphatic rings. The summed E-state index contributed by atoms with van der Waals surface area (Å²) in [5.74, 6) is 1.30. The Hall–Kier alpha value is -2.00. The van der Waals surface area contributed by atoms with Crippen molar-refractivity contribution in [3.8, 4) is 0 Å². The molecular formula is C14H20N6O2S. The minimum Gasteiger partial charge on any atom is -0.337 e. The molecule has 1 atom stereocenters. The second-order valence-corrected chi connectivity index (χ2v) is 7.34. The molecule has 124 valence electrons. The van der Waals surface area contributed by atoms with E-state index in [0.29, 0.717) is 18.3 Å². The molecule has 1 fully saturated rings. The van der Waals surface area contributed by atoms with Gasteiger partial charge in [-0.15, -0.1) is 0 Å². The zero-order chi connectivity index (χ0) is 16.4. The highest BCUT2D eigenvalue weighted by Gasteiger charge is 2.28. The molecule has 3 rings (SSSR count). The average Bonchev–Trinajstić information content (AvgIpc) is 3.14. The molecule has 2 aromatic rings. The molecule has 0 aromatic carbocycles. The Labute approximate surface area is 135 Å². The monoisotopic (exact) mass is 336 g/mol. The first-order chi connectivity index (χ1) is 11.0. The summed E-state index contributed by atoms with van der Waals surface area (Å²) in [5, 5.41) is 0.0537. The van der Waals surface area contributed by atoms with Gasteiger partial charge in [0.15, 0.2) is 5.03 Å². The van der Waals surface area contributed by atoms with Crippen LogP contribution < -0.4 is 9.62 Å². The van der Waals surface area contributed by atoms with Crippen LogP contribution in [0.3, 0.4) is 0 Å². The van der Waals surface area contributed by atoms with Crippen LogP contribution >= 0.6 is 0 Å². The van der Waals surface area contributed by atoms with Gasteiger partial charge in [0.05, 0.1) is 0 Å². The van der Waals surface area contributed by atoms with Crippen LogP contribution in [0.2, 0.25) is 0 Å². The Kier molecular flexibility index (Phi) is 4.31. The van der Waals surface area contributed by atoms with Crippen molar-refractivity contribution in [2.24, 2.45) is 7.05 Å². The van der Waals surface area contributed by atoms with Crippen molar-refractivity contribution in [2.75, 3.05) is 18.0 Å². The lowest BCUT2D eigenvalue weighted by Crippen LogP contribution is -2.41. The fraction of sp³-hybridized carbons (Fsp3) is 0.500. The smallest absolute Gasteiger partial charge is 0.259 e.